The summed E-state index contributed by atoms with van der Waals surface area (Å²) in [5.41, 5.74) is 1.85. The Kier molecular flexibility index (Phi) is 6.42. The van der Waals surface area contributed by atoms with Crippen molar-refractivity contribution >= 4 is 17.4 Å². The molecular formula is C14H25N3O2S. The SMILES string of the molecule is Cc1ncsc1CNC(=O)NCC(C)(O)CCC(C)C. The minimum atomic E-state index is -0.859. The van der Waals surface area contributed by atoms with E-state index in [0.29, 0.717) is 18.9 Å². The van der Waals surface area contributed by atoms with E-state index >= 15 is 0 Å². The van der Waals surface area contributed by atoms with Crippen molar-refractivity contribution in [1.82, 2.24) is 15.6 Å². The number of aryl methyl sites for hydroxylation is 1. The lowest BCUT2D eigenvalue weighted by Crippen LogP contribution is -2.44. The number of hydrogen-bond donors (Lipinski definition) is 3. The monoisotopic (exact) mass is 299 g/mol. The first kappa shape index (κ1) is 16.9. The summed E-state index contributed by atoms with van der Waals surface area (Å²) in [6.07, 6.45) is 1.62. The maximum Gasteiger partial charge on any atom is 0.315 e. The van der Waals surface area contributed by atoms with Crippen LogP contribution in [0.5, 0.6) is 0 Å². The molecule has 114 valence electrons. The van der Waals surface area contributed by atoms with E-state index in [1.165, 1.54) is 11.3 Å². The van der Waals surface area contributed by atoms with Crippen LogP contribution in [0.25, 0.3) is 0 Å². The second-order valence-electron chi connectivity index (χ2n) is 5.83. The molecule has 20 heavy (non-hydrogen) atoms. The van der Waals surface area contributed by atoms with Crippen molar-refractivity contribution < 1.29 is 9.90 Å². The molecule has 0 radical (unpaired) electrons. The summed E-state index contributed by atoms with van der Waals surface area (Å²) in [5, 5.41) is 15.6. The fourth-order valence-electron chi connectivity index (χ4n) is 1.68. The Hall–Kier alpha value is -1.14. The van der Waals surface area contributed by atoms with Crippen LogP contribution in [0.3, 0.4) is 0 Å². The van der Waals surface area contributed by atoms with E-state index in [0.717, 1.165) is 17.0 Å². The smallest absolute Gasteiger partial charge is 0.315 e. The van der Waals surface area contributed by atoms with Gasteiger partial charge in [0.05, 0.1) is 23.4 Å². The Morgan fingerprint density at radius 1 is 1.50 bits per heavy atom. The minimum Gasteiger partial charge on any atom is -0.388 e. The van der Waals surface area contributed by atoms with Gasteiger partial charge in [-0.15, -0.1) is 11.3 Å². The van der Waals surface area contributed by atoms with Crippen molar-refractivity contribution in [3.8, 4) is 0 Å². The summed E-state index contributed by atoms with van der Waals surface area (Å²) in [4.78, 5) is 16.9. The van der Waals surface area contributed by atoms with Gasteiger partial charge >= 0.3 is 6.03 Å². The molecule has 1 atom stereocenters. The third-order valence-electron chi connectivity index (χ3n) is 3.14. The first-order valence-electron chi connectivity index (χ1n) is 6.93. The van der Waals surface area contributed by atoms with Crippen LogP contribution < -0.4 is 10.6 Å². The number of urea groups is 1. The zero-order valence-corrected chi connectivity index (χ0v) is 13.5. The van der Waals surface area contributed by atoms with E-state index in [4.69, 9.17) is 0 Å². The van der Waals surface area contributed by atoms with E-state index in [-0.39, 0.29) is 12.6 Å². The molecule has 0 fully saturated rings. The normalized spacial score (nSPS) is 14.1. The zero-order valence-electron chi connectivity index (χ0n) is 12.7. The van der Waals surface area contributed by atoms with Gasteiger partial charge in [-0.25, -0.2) is 9.78 Å². The van der Waals surface area contributed by atoms with E-state index < -0.39 is 5.60 Å². The molecule has 6 heteroatoms. The number of aliphatic hydroxyl groups is 1. The highest BCUT2D eigenvalue weighted by atomic mass is 32.1. The molecule has 0 bridgehead atoms. The second kappa shape index (κ2) is 7.59. The third-order valence-corrected chi connectivity index (χ3v) is 4.08. The molecule has 1 aromatic heterocycles. The number of aromatic nitrogens is 1. The lowest BCUT2D eigenvalue weighted by atomic mass is 9.95. The van der Waals surface area contributed by atoms with E-state index in [9.17, 15) is 9.90 Å². The zero-order chi connectivity index (χ0) is 15.2. The summed E-state index contributed by atoms with van der Waals surface area (Å²) < 4.78 is 0. The lowest BCUT2D eigenvalue weighted by Gasteiger charge is -2.24. The molecule has 1 rings (SSSR count). The summed E-state index contributed by atoms with van der Waals surface area (Å²) in [5.74, 6) is 0.546. The molecular weight excluding hydrogens is 274 g/mol. The third kappa shape index (κ3) is 6.34. The van der Waals surface area contributed by atoms with Crippen LogP contribution in [-0.4, -0.2) is 28.3 Å². The molecule has 0 saturated carbocycles. The van der Waals surface area contributed by atoms with Crippen LogP contribution in [0.2, 0.25) is 0 Å². The van der Waals surface area contributed by atoms with Gasteiger partial charge in [0, 0.05) is 11.4 Å². The van der Waals surface area contributed by atoms with Crippen LogP contribution >= 0.6 is 11.3 Å². The maximum absolute atomic E-state index is 11.7. The van der Waals surface area contributed by atoms with E-state index in [1.807, 2.05) is 6.92 Å². The van der Waals surface area contributed by atoms with Gasteiger partial charge < -0.3 is 15.7 Å². The van der Waals surface area contributed by atoms with Crippen molar-refractivity contribution in [2.75, 3.05) is 6.54 Å². The first-order valence-corrected chi connectivity index (χ1v) is 7.81. The topological polar surface area (TPSA) is 74.2 Å². The largest absolute Gasteiger partial charge is 0.388 e. The Morgan fingerprint density at radius 2 is 2.20 bits per heavy atom. The average molecular weight is 299 g/mol. The van der Waals surface area contributed by atoms with Gasteiger partial charge in [0.2, 0.25) is 0 Å². The van der Waals surface area contributed by atoms with Crippen LogP contribution in [0.4, 0.5) is 4.79 Å². The van der Waals surface area contributed by atoms with E-state index in [1.54, 1.807) is 12.4 Å². The molecule has 2 amide bonds. The van der Waals surface area contributed by atoms with Crippen LogP contribution in [0.1, 0.15) is 44.2 Å². The summed E-state index contributed by atoms with van der Waals surface area (Å²) in [7, 11) is 0. The standard InChI is InChI=1S/C14H25N3O2S/c1-10(2)5-6-14(4,19)8-16-13(18)15-7-12-11(3)17-9-20-12/h9-10,19H,5-8H2,1-4H3,(H2,15,16,18). The van der Waals surface area contributed by atoms with Gasteiger partial charge in [-0.05, 0) is 32.6 Å². The second-order valence-corrected chi connectivity index (χ2v) is 6.77. The van der Waals surface area contributed by atoms with Crippen molar-refractivity contribution in [2.24, 2.45) is 5.92 Å². The number of carbonyl (C=O) groups excluding carboxylic acids is 1. The lowest BCUT2D eigenvalue weighted by molar-refractivity contribution is 0.0476. The quantitative estimate of drug-likeness (QED) is 0.724. The van der Waals surface area contributed by atoms with Crippen molar-refractivity contribution in [2.45, 2.75) is 52.7 Å². The van der Waals surface area contributed by atoms with E-state index in [2.05, 4.69) is 29.5 Å². The Labute approximate surface area is 124 Å². The summed E-state index contributed by atoms with van der Waals surface area (Å²) in [6.45, 7) is 8.63. The van der Waals surface area contributed by atoms with Crippen LogP contribution in [0, 0.1) is 12.8 Å². The molecule has 1 unspecified atom stereocenters. The molecule has 0 aliphatic heterocycles. The van der Waals surface area contributed by atoms with Crippen molar-refractivity contribution in [1.29, 1.82) is 0 Å². The molecule has 0 aliphatic carbocycles. The molecule has 0 aromatic carbocycles. The Morgan fingerprint density at radius 3 is 2.75 bits per heavy atom. The molecule has 0 aliphatic rings. The number of thiazole rings is 1. The molecule has 5 nitrogen and oxygen atoms in total. The highest BCUT2D eigenvalue weighted by Crippen LogP contribution is 2.15. The van der Waals surface area contributed by atoms with Gasteiger partial charge in [0.15, 0.2) is 0 Å². The predicted molar refractivity (Wildman–Crippen MR) is 81.8 cm³/mol. The van der Waals surface area contributed by atoms with Gasteiger partial charge in [0.1, 0.15) is 0 Å². The fraction of sp³-hybridized carbons (Fsp3) is 0.714. The maximum atomic E-state index is 11.7. The fourth-order valence-corrected chi connectivity index (χ4v) is 2.39. The molecule has 0 saturated heterocycles. The number of amides is 2. The summed E-state index contributed by atoms with van der Waals surface area (Å²) >= 11 is 1.52. The van der Waals surface area contributed by atoms with Crippen molar-refractivity contribution in [3.05, 3.63) is 16.1 Å². The number of rotatable bonds is 7. The molecule has 1 heterocycles. The Balaban J connectivity index is 2.27. The number of hydrogen-bond acceptors (Lipinski definition) is 4. The van der Waals surface area contributed by atoms with Gasteiger partial charge in [-0.3, -0.25) is 0 Å². The van der Waals surface area contributed by atoms with Gasteiger partial charge in [-0.1, -0.05) is 13.8 Å². The van der Waals surface area contributed by atoms with Gasteiger partial charge in [-0.2, -0.15) is 0 Å². The average Bonchev–Trinajstić information content (AvgIpc) is 2.77. The first-order chi connectivity index (χ1) is 9.30. The van der Waals surface area contributed by atoms with Crippen LogP contribution in [-0.2, 0) is 6.54 Å². The summed E-state index contributed by atoms with van der Waals surface area (Å²) in [6, 6.07) is -0.261. The predicted octanol–water partition coefficient (Wildman–Crippen LogP) is 2.44. The van der Waals surface area contributed by atoms with Crippen molar-refractivity contribution in [3.63, 3.8) is 0 Å². The molecule has 0 spiro atoms. The number of nitrogens with one attached hydrogen (secondary N) is 2. The number of carbonyl (C=O) groups is 1. The number of nitrogens with zero attached hydrogens (tertiary/aromatic N) is 1. The van der Waals surface area contributed by atoms with Gasteiger partial charge in [0.25, 0.3) is 0 Å². The highest BCUT2D eigenvalue weighted by Gasteiger charge is 2.21. The van der Waals surface area contributed by atoms with Crippen LogP contribution in [0.15, 0.2) is 5.51 Å². The Bertz CT molecular complexity index is 430. The minimum absolute atomic E-state index is 0.257. The highest BCUT2D eigenvalue weighted by molar-refractivity contribution is 7.09. The molecule has 1 aromatic rings. The molecule has 3 N–H and O–H groups in total.